The van der Waals surface area contributed by atoms with E-state index in [9.17, 15) is 9.59 Å². The number of amides is 2. The van der Waals surface area contributed by atoms with E-state index in [4.69, 9.17) is 9.47 Å². The Bertz CT molecular complexity index is 790. The highest BCUT2D eigenvalue weighted by molar-refractivity contribution is 6.09. The minimum Gasteiger partial charge on any atom is -0.454 e. The zero-order valence-electron chi connectivity index (χ0n) is 14.0. The number of ether oxygens (including phenoxy) is 2. The maximum absolute atomic E-state index is 12.5. The Morgan fingerprint density at radius 1 is 1.16 bits per heavy atom. The number of hydrogen-bond acceptors (Lipinski definition) is 5. The van der Waals surface area contributed by atoms with E-state index in [2.05, 4.69) is 15.6 Å². The van der Waals surface area contributed by atoms with Crippen molar-refractivity contribution < 1.29 is 19.1 Å². The summed E-state index contributed by atoms with van der Waals surface area (Å²) in [6.07, 6.45) is 3.33. The van der Waals surface area contributed by atoms with Gasteiger partial charge >= 0.3 is 0 Å². The molecule has 2 amide bonds. The van der Waals surface area contributed by atoms with Crippen LogP contribution >= 0.6 is 0 Å². The molecule has 0 unspecified atom stereocenters. The molecule has 2 aromatic rings. The summed E-state index contributed by atoms with van der Waals surface area (Å²) in [4.78, 5) is 28.9. The maximum Gasteiger partial charge on any atom is 0.239 e. The molecule has 0 fully saturated rings. The van der Waals surface area contributed by atoms with Gasteiger partial charge in [0.1, 0.15) is 5.41 Å². The first-order chi connectivity index (χ1) is 12.0. The Kier molecular flexibility index (Phi) is 4.56. The number of pyridine rings is 1. The summed E-state index contributed by atoms with van der Waals surface area (Å²) in [6.45, 7) is 3.63. The lowest BCUT2D eigenvalue weighted by molar-refractivity contribution is -0.138. The number of benzene rings is 1. The lowest BCUT2D eigenvalue weighted by Crippen LogP contribution is -2.44. The van der Waals surface area contributed by atoms with Crippen LogP contribution in [0.3, 0.4) is 0 Å². The van der Waals surface area contributed by atoms with E-state index in [1.807, 2.05) is 6.07 Å². The number of carbonyl (C=O) groups excluding carboxylic acids is 2. The number of nitrogens with zero attached hydrogens (tertiary/aromatic N) is 1. The molecule has 1 aromatic carbocycles. The van der Waals surface area contributed by atoms with E-state index < -0.39 is 11.3 Å². The van der Waals surface area contributed by atoms with Crippen molar-refractivity contribution in [3.05, 3.63) is 48.3 Å². The van der Waals surface area contributed by atoms with Crippen LogP contribution in [0.25, 0.3) is 0 Å². The number of anilines is 1. The number of fused-ring (bicyclic) bond motifs is 1. The summed E-state index contributed by atoms with van der Waals surface area (Å²) >= 11 is 0. The van der Waals surface area contributed by atoms with Gasteiger partial charge < -0.3 is 20.1 Å². The fraction of sp³-hybridized carbons (Fsp3) is 0.278. The van der Waals surface area contributed by atoms with E-state index in [1.54, 1.807) is 50.5 Å². The van der Waals surface area contributed by atoms with Gasteiger partial charge in [-0.15, -0.1) is 0 Å². The van der Waals surface area contributed by atoms with Crippen LogP contribution in [-0.4, -0.2) is 23.6 Å². The molecule has 0 spiro atoms. The monoisotopic (exact) mass is 341 g/mol. The Labute approximate surface area is 145 Å². The van der Waals surface area contributed by atoms with Crippen LogP contribution in [0.1, 0.15) is 19.4 Å². The predicted molar refractivity (Wildman–Crippen MR) is 91.1 cm³/mol. The molecular formula is C18H19N3O4. The largest absolute Gasteiger partial charge is 0.454 e. The molecule has 0 aliphatic carbocycles. The quantitative estimate of drug-likeness (QED) is 0.813. The second-order valence-electron chi connectivity index (χ2n) is 6.19. The van der Waals surface area contributed by atoms with Gasteiger partial charge in [0.2, 0.25) is 18.6 Å². The summed E-state index contributed by atoms with van der Waals surface area (Å²) in [5, 5.41) is 5.51. The molecule has 2 heterocycles. The van der Waals surface area contributed by atoms with Crippen LogP contribution in [0, 0.1) is 5.41 Å². The van der Waals surface area contributed by atoms with Crippen molar-refractivity contribution in [2.45, 2.75) is 20.4 Å². The number of nitrogens with one attached hydrogen (secondary N) is 2. The minimum atomic E-state index is -1.24. The Morgan fingerprint density at radius 3 is 2.72 bits per heavy atom. The number of rotatable bonds is 5. The van der Waals surface area contributed by atoms with Crippen molar-refractivity contribution in [2.24, 2.45) is 5.41 Å². The summed E-state index contributed by atoms with van der Waals surface area (Å²) in [7, 11) is 0. The third-order valence-electron chi connectivity index (χ3n) is 3.94. The Balaban J connectivity index is 1.62. The molecule has 0 saturated heterocycles. The normalized spacial score (nSPS) is 12.6. The van der Waals surface area contributed by atoms with Crippen molar-refractivity contribution in [1.29, 1.82) is 0 Å². The molecule has 0 radical (unpaired) electrons. The van der Waals surface area contributed by atoms with Gasteiger partial charge in [-0.1, -0.05) is 6.07 Å². The Morgan fingerprint density at radius 2 is 1.96 bits per heavy atom. The van der Waals surface area contributed by atoms with Gasteiger partial charge in [0.25, 0.3) is 0 Å². The van der Waals surface area contributed by atoms with Crippen LogP contribution in [0.4, 0.5) is 5.69 Å². The molecule has 130 valence electrons. The molecule has 1 aromatic heterocycles. The third kappa shape index (κ3) is 3.71. The van der Waals surface area contributed by atoms with E-state index in [1.165, 1.54) is 0 Å². The lowest BCUT2D eigenvalue weighted by Gasteiger charge is -2.22. The van der Waals surface area contributed by atoms with Crippen molar-refractivity contribution in [3.63, 3.8) is 0 Å². The van der Waals surface area contributed by atoms with Gasteiger partial charge in [-0.05, 0) is 37.6 Å². The van der Waals surface area contributed by atoms with Crippen molar-refractivity contribution >= 4 is 17.5 Å². The topological polar surface area (TPSA) is 89.6 Å². The molecule has 0 saturated carbocycles. The smallest absolute Gasteiger partial charge is 0.239 e. The SMILES string of the molecule is CC(C)(C(=O)NCc1cccnc1)C(=O)Nc1ccc2c(c1)OCO2. The van der Waals surface area contributed by atoms with E-state index in [0.717, 1.165) is 5.56 Å². The zero-order chi connectivity index (χ0) is 17.9. The highest BCUT2D eigenvalue weighted by atomic mass is 16.7. The van der Waals surface area contributed by atoms with Crippen LogP contribution in [0.15, 0.2) is 42.7 Å². The third-order valence-corrected chi connectivity index (χ3v) is 3.94. The van der Waals surface area contributed by atoms with Crippen LogP contribution < -0.4 is 20.1 Å². The van der Waals surface area contributed by atoms with E-state index in [-0.39, 0.29) is 12.7 Å². The average Bonchev–Trinajstić information content (AvgIpc) is 3.08. The lowest BCUT2D eigenvalue weighted by atomic mass is 9.91. The first-order valence-corrected chi connectivity index (χ1v) is 7.85. The Hall–Kier alpha value is -3.09. The minimum absolute atomic E-state index is 0.162. The summed E-state index contributed by atoms with van der Waals surface area (Å²) in [6, 6.07) is 8.73. The van der Waals surface area contributed by atoms with E-state index >= 15 is 0 Å². The van der Waals surface area contributed by atoms with E-state index in [0.29, 0.717) is 23.7 Å². The van der Waals surface area contributed by atoms with Crippen molar-refractivity contribution in [2.75, 3.05) is 12.1 Å². The molecule has 25 heavy (non-hydrogen) atoms. The number of hydrogen-bond donors (Lipinski definition) is 2. The summed E-state index contributed by atoms with van der Waals surface area (Å²) < 4.78 is 10.5. The molecule has 1 aliphatic heterocycles. The fourth-order valence-corrected chi connectivity index (χ4v) is 2.27. The highest BCUT2D eigenvalue weighted by Gasteiger charge is 2.36. The van der Waals surface area contributed by atoms with Crippen molar-refractivity contribution in [3.8, 4) is 11.5 Å². The van der Waals surface area contributed by atoms with Crippen LogP contribution in [0.2, 0.25) is 0 Å². The molecule has 2 N–H and O–H groups in total. The molecule has 7 nitrogen and oxygen atoms in total. The zero-order valence-corrected chi connectivity index (χ0v) is 14.0. The number of carbonyl (C=O) groups is 2. The number of aromatic nitrogens is 1. The predicted octanol–water partition coefficient (Wildman–Crippen LogP) is 2.09. The van der Waals surface area contributed by atoms with Crippen LogP contribution in [-0.2, 0) is 16.1 Å². The summed E-state index contributed by atoms with van der Waals surface area (Å²) in [5.74, 6) is 0.424. The standard InChI is InChI=1S/C18H19N3O4/c1-18(2,16(22)20-10-12-4-3-7-19-9-12)17(23)21-13-5-6-14-15(8-13)25-11-24-14/h3-9H,10-11H2,1-2H3,(H,20,22)(H,21,23). The molecule has 1 aliphatic rings. The van der Waals surface area contributed by atoms with Gasteiger partial charge in [-0.25, -0.2) is 0 Å². The summed E-state index contributed by atoms with van der Waals surface area (Å²) in [5.41, 5.74) is 0.170. The molecular weight excluding hydrogens is 322 g/mol. The second-order valence-corrected chi connectivity index (χ2v) is 6.19. The average molecular weight is 341 g/mol. The van der Waals surface area contributed by atoms with Crippen LogP contribution in [0.5, 0.6) is 11.5 Å². The van der Waals surface area contributed by atoms with Gasteiger partial charge in [-0.2, -0.15) is 0 Å². The van der Waals surface area contributed by atoms with Gasteiger partial charge in [0, 0.05) is 30.7 Å². The first-order valence-electron chi connectivity index (χ1n) is 7.85. The molecule has 7 heteroatoms. The maximum atomic E-state index is 12.5. The fourth-order valence-electron chi connectivity index (χ4n) is 2.27. The second kappa shape index (κ2) is 6.80. The molecule has 3 rings (SSSR count). The van der Waals surface area contributed by atoms with Gasteiger partial charge in [0.05, 0.1) is 0 Å². The van der Waals surface area contributed by atoms with Gasteiger partial charge in [-0.3, -0.25) is 14.6 Å². The highest BCUT2D eigenvalue weighted by Crippen LogP contribution is 2.34. The van der Waals surface area contributed by atoms with Gasteiger partial charge in [0.15, 0.2) is 11.5 Å². The first kappa shape index (κ1) is 16.8. The van der Waals surface area contributed by atoms with Crippen molar-refractivity contribution in [1.82, 2.24) is 10.3 Å². The molecule has 0 atom stereocenters. The molecule has 0 bridgehead atoms.